The number of likely N-dealkylation sites (N-methyl/N-ethyl adjacent to an activating group) is 2. The van der Waals surface area contributed by atoms with Crippen LogP contribution in [-0.4, -0.2) is 53.1 Å². The third kappa shape index (κ3) is 4.17. The van der Waals surface area contributed by atoms with Crippen molar-refractivity contribution in [2.24, 2.45) is 0 Å². The fourth-order valence-electron chi connectivity index (χ4n) is 1.70. The summed E-state index contributed by atoms with van der Waals surface area (Å²) in [5.74, 6) is -0.444. The topological polar surface area (TPSA) is 104 Å². The van der Waals surface area contributed by atoms with E-state index in [1.165, 1.54) is 4.90 Å². The Hall–Kier alpha value is -1.67. The maximum absolute atomic E-state index is 12.1. The van der Waals surface area contributed by atoms with Crippen molar-refractivity contribution < 1.29 is 9.72 Å². The van der Waals surface area contributed by atoms with Gasteiger partial charge in [-0.2, -0.15) is 5.10 Å². The van der Waals surface area contributed by atoms with Crippen LogP contribution in [0.2, 0.25) is 0 Å². The zero-order valence-corrected chi connectivity index (χ0v) is 12.6. The maximum atomic E-state index is 12.1. The highest BCUT2D eigenvalue weighted by molar-refractivity contribution is 5.96. The van der Waals surface area contributed by atoms with Gasteiger partial charge in [-0.25, -0.2) is 0 Å². The van der Waals surface area contributed by atoms with E-state index in [0.717, 1.165) is 6.42 Å². The highest BCUT2D eigenvalue weighted by Gasteiger charge is 2.30. The van der Waals surface area contributed by atoms with Crippen molar-refractivity contribution in [3.63, 3.8) is 0 Å². The number of hydrogen-bond acceptors (Lipinski definition) is 5. The summed E-state index contributed by atoms with van der Waals surface area (Å²) in [5.41, 5.74) is 0.0769. The molecule has 1 aromatic heterocycles. The van der Waals surface area contributed by atoms with Crippen LogP contribution in [0, 0.1) is 10.1 Å². The number of carbonyl (C=O) groups is 1. The van der Waals surface area contributed by atoms with Crippen LogP contribution in [0.1, 0.15) is 29.5 Å². The van der Waals surface area contributed by atoms with Crippen molar-refractivity contribution in [2.75, 3.05) is 27.2 Å². The summed E-state index contributed by atoms with van der Waals surface area (Å²) in [6.45, 7) is 2.98. The molecule has 0 saturated carbocycles. The standard InChI is InChI=1S/C11H19N5O3.ClH/c1-4-5-8-10(16(18)19)9(14-13-8)11(17)15(3)7-6-12-2;/h12H,4-7H2,1-3H3,(H,13,14);1H. The summed E-state index contributed by atoms with van der Waals surface area (Å²) in [5, 5.41) is 20.4. The van der Waals surface area contributed by atoms with Crippen molar-refractivity contribution in [2.45, 2.75) is 19.8 Å². The number of aromatic amines is 1. The van der Waals surface area contributed by atoms with E-state index in [-0.39, 0.29) is 23.8 Å². The number of rotatable bonds is 7. The SMILES string of the molecule is CCCc1[nH]nc(C(=O)N(C)CCNC)c1[N+](=O)[O-].Cl. The van der Waals surface area contributed by atoms with Gasteiger partial charge in [0.1, 0.15) is 5.69 Å². The van der Waals surface area contributed by atoms with E-state index in [4.69, 9.17) is 0 Å². The molecule has 0 unspecified atom stereocenters. The number of H-pyrrole nitrogens is 1. The molecule has 1 amide bonds. The second-order valence-electron chi connectivity index (χ2n) is 4.24. The molecular formula is C11H20ClN5O3. The molecule has 0 aromatic carbocycles. The van der Waals surface area contributed by atoms with E-state index >= 15 is 0 Å². The average molecular weight is 306 g/mol. The van der Waals surface area contributed by atoms with Gasteiger partial charge in [0.25, 0.3) is 5.91 Å². The molecule has 0 fully saturated rings. The second kappa shape index (κ2) is 8.49. The van der Waals surface area contributed by atoms with Gasteiger partial charge in [0.15, 0.2) is 0 Å². The van der Waals surface area contributed by atoms with Gasteiger partial charge in [0.2, 0.25) is 5.69 Å². The van der Waals surface area contributed by atoms with Gasteiger partial charge in [0.05, 0.1) is 4.92 Å². The first-order valence-corrected chi connectivity index (χ1v) is 6.14. The van der Waals surface area contributed by atoms with E-state index in [0.29, 0.717) is 25.2 Å². The lowest BCUT2D eigenvalue weighted by Gasteiger charge is -2.14. The molecule has 0 aliphatic rings. The molecule has 0 saturated heterocycles. The molecule has 0 radical (unpaired) electrons. The molecule has 0 bridgehead atoms. The van der Waals surface area contributed by atoms with Crippen molar-refractivity contribution >= 4 is 24.0 Å². The predicted octanol–water partition coefficient (Wildman–Crippen LogP) is 0.984. The molecule has 114 valence electrons. The quantitative estimate of drug-likeness (QED) is 0.577. The van der Waals surface area contributed by atoms with Crippen LogP contribution in [-0.2, 0) is 6.42 Å². The molecular weight excluding hydrogens is 286 g/mol. The van der Waals surface area contributed by atoms with Crippen molar-refractivity contribution in [1.29, 1.82) is 0 Å². The van der Waals surface area contributed by atoms with Gasteiger partial charge in [-0.15, -0.1) is 12.4 Å². The Bertz CT molecular complexity index is 463. The van der Waals surface area contributed by atoms with Crippen LogP contribution in [0.4, 0.5) is 5.69 Å². The average Bonchev–Trinajstić information content (AvgIpc) is 2.79. The number of halogens is 1. The Morgan fingerprint density at radius 1 is 1.55 bits per heavy atom. The summed E-state index contributed by atoms with van der Waals surface area (Å²) >= 11 is 0. The first-order valence-electron chi connectivity index (χ1n) is 6.14. The van der Waals surface area contributed by atoms with Gasteiger partial charge in [-0.05, 0) is 13.5 Å². The molecule has 0 spiro atoms. The van der Waals surface area contributed by atoms with Crippen LogP contribution >= 0.6 is 12.4 Å². The summed E-state index contributed by atoms with van der Waals surface area (Å²) in [6.07, 6.45) is 1.24. The zero-order valence-electron chi connectivity index (χ0n) is 11.8. The van der Waals surface area contributed by atoms with Crippen LogP contribution in [0.3, 0.4) is 0 Å². The molecule has 1 heterocycles. The van der Waals surface area contributed by atoms with E-state index in [1.807, 2.05) is 6.92 Å². The molecule has 2 N–H and O–H groups in total. The Morgan fingerprint density at radius 3 is 2.70 bits per heavy atom. The molecule has 8 nitrogen and oxygen atoms in total. The Morgan fingerprint density at radius 2 is 2.20 bits per heavy atom. The Balaban J connectivity index is 0.00000361. The fourth-order valence-corrected chi connectivity index (χ4v) is 1.70. The van der Waals surface area contributed by atoms with E-state index in [9.17, 15) is 14.9 Å². The number of amides is 1. The monoisotopic (exact) mass is 305 g/mol. The summed E-state index contributed by atoms with van der Waals surface area (Å²) in [6, 6.07) is 0. The molecule has 1 rings (SSSR count). The Labute approximate surface area is 123 Å². The van der Waals surface area contributed by atoms with E-state index in [1.54, 1.807) is 14.1 Å². The second-order valence-corrected chi connectivity index (χ2v) is 4.24. The van der Waals surface area contributed by atoms with Crippen LogP contribution in [0.5, 0.6) is 0 Å². The minimum atomic E-state index is -0.548. The van der Waals surface area contributed by atoms with Gasteiger partial charge < -0.3 is 10.2 Å². The number of nitrogens with one attached hydrogen (secondary N) is 2. The lowest BCUT2D eigenvalue weighted by Crippen LogP contribution is -2.33. The van der Waals surface area contributed by atoms with Crippen LogP contribution < -0.4 is 5.32 Å². The minimum absolute atomic E-state index is 0. The molecule has 0 aliphatic heterocycles. The largest absolute Gasteiger partial charge is 0.339 e. The van der Waals surface area contributed by atoms with Crippen molar-refractivity contribution in [1.82, 2.24) is 20.4 Å². The van der Waals surface area contributed by atoms with Crippen molar-refractivity contribution in [3.05, 3.63) is 21.5 Å². The van der Waals surface area contributed by atoms with Crippen LogP contribution in [0.15, 0.2) is 0 Å². The molecule has 20 heavy (non-hydrogen) atoms. The van der Waals surface area contributed by atoms with Gasteiger partial charge >= 0.3 is 5.69 Å². The first-order chi connectivity index (χ1) is 9.02. The number of carbonyl (C=O) groups excluding carboxylic acids is 1. The highest BCUT2D eigenvalue weighted by atomic mass is 35.5. The normalized spacial score (nSPS) is 9.95. The minimum Gasteiger partial charge on any atom is -0.339 e. The number of nitro groups is 1. The smallest absolute Gasteiger partial charge is 0.322 e. The van der Waals surface area contributed by atoms with E-state index in [2.05, 4.69) is 15.5 Å². The van der Waals surface area contributed by atoms with Gasteiger partial charge in [-0.1, -0.05) is 13.3 Å². The summed E-state index contributed by atoms with van der Waals surface area (Å²) in [4.78, 5) is 24.1. The third-order valence-electron chi connectivity index (χ3n) is 2.74. The fraction of sp³-hybridized carbons (Fsp3) is 0.636. The van der Waals surface area contributed by atoms with Crippen LogP contribution in [0.25, 0.3) is 0 Å². The summed E-state index contributed by atoms with van der Waals surface area (Å²) in [7, 11) is 3.37. The molecule has 0 atom stereocenters. The molecule has 1 aromatic rings. The third-order valence-corrected chi connectivity index (χ3v) is 2.74. The predicted molar refractivity (Wildman–Crippen MR) is 77.4 cm³/mol. The first kappa shape index (κ1) is 18.3. The number of aryl methyl sites for hydroxylation is 1. The highest BCUT2D eigenvalue weighted by Crippen LogP contribution is 2.23. The number of hydrogen-bond donors (Lipinski definition) is 2. The lowest BCUT2D eigenvalue weighted by molar-refractivity contribution is -0.385. The van der Waals surface area contributed by atoms with Crippen molar-refractivity contribution in [3.8, 4) is 0 Å². The van der Waals surface area contributed by atoms with Gasteiger partial charge in [0, 0.05) is 20.1 Å². The van der Waals surface area contributed by atoms with Gasteiger partial charge in [-0.3, -0.25) is 20.0 Å². The van der Waals surface area contributed by atoms with E-state index < -0.39 is 10.8 Å². The number of nitrogens with zero attached hydrogens (tertiary/aromatic N) is 3. The Kier molecular flexibility index (Phi) is 7.78. The molecule has 0 aliphatic carbocycles. The maximum Gasteiger partial charge on any atom is 0.322 e. The molecule has 9 heteroatoms. The zero-order chi connectivity index (χ0) is 14.4. The lowest BCUT2D eigenvalue weighted by atomic mass is 10.2. The summed E-state index contributed by atoms with van der Waals surface area (Å²) < 4.78 is 0. The number of aromatic nitrogens is 2.